The Morgan fingerprint density at radius 2 is 1.93 bits per heavy atom. The number of hydrogen-bond donors (Lipinski definition) is 0. The lowest BCUT2D eigenvalue weighted by Gasteiger charge is -2.45. The normalized spacial score (nSPS) is 22.9. The van der Waals surface area contributed by atoms with Crippen LogP contribution in [0.1, 0.15) is 25.5 Å². The molecule has 0 spiro atoms. The minimum atomic E-state index is -0.640. The van der Waals surface area contributed by atoms with Gasteiger partial charge in [-0.25, -0.2) is 13.6 Å². The highest BCUT2D eigenvalue weighted by Crippen LogP contribution is 2.46. The van der Waals surface area contributed by atoms with Crippen LogP contribution in [0.3, 0.4) is 0 Å². The molecule has 222 valence electrons. The molecule has 0 aliphatic carbocycles. The van der Waals surface area contributed by atoms with Crippen LogP contribution in [0.25, 0.3) is 22.0 Å². The molecule has 3 atom stereocenters. The molecule has 11 heteroatoms. The van der Waals surface area contributed by atoms with E-state index < -0.39 is 11.6 Å². The molecule has 4 heterocycles. The molecule has 1 amide bonds. The van der Waals surface area contributed by atoms with Crippen LogP contribution in [0.5, 0.6) is 0 Å². The summed E-state index contributed by atoms with van der Waals surface area (Å²) in [6.07, 6.45) is 1.33. The number of morpholine rings is 1. The van der Waals surface area contributed by atoms with Gasteiger partial charge in [0.2, 0.25) is 5.91 Å². The quantitative estimate of drug-likeness (QED) is 0.409. The third-order valence-corrected chi connectivity index (χ3v) is 9.85. The zero-order valence-electron chi connectivity index (χ0n) is 24.1. The molecule has 2 saturated heterocycles. The number of amides is 1. The monoisotopic (exact) mass is 595 g/mol. The zero-order chi connectivity index (χ0) is 29.7. The van der Waals surface area contributed by atoms with Crippen LogP contribution in [0, 0.1) is 18.6 Å². The summed E-state index contributed by atoms with van der Waals surface area (Å²) >= 11 is 1.61. The maximum atomic E-state index is 15.2. The fourth-order valence-corrected chi connectivity index (χ4v) is 7.90. The number of aromatic nitrogens is 2. The molecule has 0 bridgehead atoms. The van der Waals surface area contributed by atoms with Gasteiger partial charge in [-0.2, -0.15) is 4.98 Å². The molecule has 0 radical (unpaired) electrons. The van der Waals surface area contributed by atoms with Gasteiger partial charge in [-0.05, 0) is 50.6 Å². The lowest BCUT2D eigenvalue weighted by Crippen LogP contribution is -2.58. The number of aryl methyl sites for hydroxylation is 1. The zero-order valence-corrected chi connectivity index (χ0v) is 24.9. The van der Waals surface area contributed by atoms with Gasteiger partial charge in [0.05, 0.1) is 24.8 Å². The summed E-state index contributed by atoms with van der Waals surface area (Å²) < 4.78 is 36.4. The standard InChI is InChI=1S/C31H35F2N5O3S/c1-5-26(39)36-14-20(4)37(15-19(36)3)30-24-12-18(2)27(23-7-6-21(32)13-25(23)33)29-28(24)38(31(40)34-30)22(17-42-29)16-35-8-10-41-11-9-35/h5-7,12-13,19-20,22H,1,8-11,14-17H2,2-4H3/t19-,20+,22?/m1/s1. The molecular weight excluding hydrogens is 560 g/mol. The van der Waals surface area contributed by atoms with Gasteiger partial charge in [0, 0.05) is 78.0 Å². The molecule has 3 aliphatic heterocycles. The summed E-state index contributed by atoms with van der Waals surface area (Å²) in [5.41, 5.74) is 2.17. The topological polar surface area (TPSA) is 70.9 Å². The molecule has 8 nitrogen and oxygen atoms in total. The van der Waals surface area contributed by atoms with Crippen LogP contribution in [-0.4, -0.2) is 89.0 Å². The van der Waals surface area contributed by atoms with Crippen molar-refractivity contribution in [3.63, 3.8) is 0 Å². The van der Waals surface area contributed by atoms with E-state index in [1.807, 2.05) is 26.8 Å². The number of hydrogen-bond acceptors (Lipinski definition) is 7. The Kier molecular flexibility index (Phi) is 7.84. The third kappa shape index (κ3) is 5.01. The SMILES string of the molecule is C=CC(=O)N1C[C@H](C)N(c2nc(=O)n3c4c(c(-c5ccc(F)cc5F)c(C)cc24)SCC3CN2CCOCC2)C[C@H]1C. The van der Waals surface area contributed by atoms with Crippen molar-refractivity contribution in [3.8, 4) is 11.1 Å². The van der Waals surface area contributed by atoms with Crippen molar-refractivity contribution in [1.82, 2.24) is 19.4 Å². The Labute approximate surface area is 247 Å². The van der Waals surface area contributed by atoms with E-state index >= 15 is 4.39 Å². The number of rotatable bonds is 5. The van der Waals surface area contributed by atoms with Gasteiger partial charge < -0.3 is 14.5 Å². The van der Waals surface area contributed by atoms with Gasteiger partial charge >= 0.3 is 5.69 Å². The predicted octanol–water partition coefficient (Wildman–Crippen LogP) is 4.24. The average molecular weight is 596 g/mol. The van der Waals surface area contributed by atoms with E-state index in [-0.39, 0.29) is 29.7 Å². The molecule has 1 unspecified atom stereocenters. The summed E-state index contributed by atoms with van der Waals surface area (Å²) in [5, 5.41) is 0.815. The number of piperazine rings is 1. The Balaban J connectivity index is 1.54. The van der Waals surface area contributed by atoms with Crippen molar-refractivity contribution in [3.05, 3.63) is 64.6 Å². The van der Waals surface area contributed by atoms with Crippen molar-refractivity contribution >= 4 is 34.4 Å². The van der Waals surface area contributed by atoms with E-state index in [9.17, 15) is 14.0 Å². The van der Waals surface area contributed by atoms with Gasteiger partial charge in [-0.1, -0.05) is 6.58 Å². The van der Waals surface area contributed by atoms with Crippen molar-refractivity contribution in [2.45, 2.75) is 43.8 Å². The molecule has 3 aromatic rings. The van der Waals surface area contributed by atoms with E-state index in [0.29, 0.717) is 55.5 Å². The molecule has 42 heavy (non-hydrogen) atoms. The summed E-state index contributed by atoms with van der Waals surface area (Å²) in [6, 6.07) is 5.26. The lowest BCUT2D eigenvalue weighted by atomic mass is 9.96. The Morgan fingerprint density at radius 1 is 1.17 bits per heavy atom. The number of benzene rings is 2. The van der Waals surface area contributed by atoms with Gasteiger partial charge in [0.25, 0.3) is 0 Å². The van der Waals surface area contributed by atoms with Crippen molar-refractivity contribution < 1.29 is 18.3 Å². The summed E-state index contributed by atoms with van der Waals surface area (Å²) in [6.45, 7) is 14.1. The molecule has 2 fully saturated rings. The Bertz CT molecular complexity index is 1620. The second-order valence-corrected chi connectivity index (χ2v) is 12.5. The summed E-state index contributed by atoms with van der Waals surface area (Å²) in [7, 11) is 0. The van der Waals surface area contributed by atoms with Gasteiger partial charge in [-0.3, -0.25) is 14.3 Å². The number of carbonyl (C=O) groups excluding carboxylic acids is 1. The lowest BCUT2D eigenvalue weighted by molar-refractivity contribution is -0.128. The molecule has 0 N–H and O–H groups in total. The van der Waals surface area contributed by atoms with E-state index in [0.717, 1.165) is 40.5 Å². The summed E-state index contributed by atoms with van der Waals surface area (Å²) in [5.74, 6) is -0.210. The van der Waals surface area contributed by atoms with Gasteiger partial charge in [0.1, 0.15) is 17.5 Å². The van der Waals surface area contributed by atoms with Crippen LogP contribution < -0.4 is 10.6 Å². The van der Waals surface area contributed by atoms with E-state index in [2.05, 4.69) is 16.4 Å². The molecule has 3 aliphatic rings. The highest BCUT2D eigenvalue weighted by Gasteiger charge is 2.36. The van der Waals surface area contributed by atoms with E-state index in [1.54, 1.807) is 21.2 Å². The number of carbonyl (C=O) groups is 1. The fourth-order valence-electron chi connectivity index (χ4n) is 6.53. The second kappa shape index (κ2) is 11.4. The molecular formula is C31H35F2N5O3S. The maximum absolute atomic E-state index is 15.2. The fraction of sp³-hybridized carbons (Fsp3) is 0.452. The maximum Gasteiger partial charge on any atom is 0.350 e. The number of nitrogens with zero attached hydrogens (tertiary/aromatic N) is 5. The largest absolute Gasteiger partial charge is 0.379 e. The van der Waals surface area contributed by atoms with Crippen LogP contribution in [0.4, 0.5) is 14.6 Å². The second-order valence-electron chi connectivity index (χ2n) is 11.4. The molecule has 1 aromatic heterocycles. The first-order valence-corrected chi connectivity index (χ1v) is 15.3. The molecule has 0 saturated carbocycles. The highest BCUT2D eigenvalue weighted by molar-refractivity contribution is 7.99. The molecule has 2 aromatic carbocycles. The Hall–Kier alpha value is -3.28. The first-order chi connectivity index (χ1) is 20.2. The van der Waals surface area contributed by atoms with Crippen molar-refractivity contribution in [1.29, 1.82) is 0 Å². The third-order valence-electron chi connectivity index (χ3n) is 8.62. The highest BCUT2D eigenvalue weighted by atomic mass is 32.2. The van der Waals surface area contributed by atoms with Crippen LogP contribution in [0.15, 0.2) is 46.6 Å². The van der Waals surface area contributed by atoms with Gasteiger partial charge in [-0.15, -0.1) is 11.8 Å². The number of anilines is 1. The van der Waals surface area contributed by atoms with E-state index in [4.69, 9.17) is 9.72 Å². The van der Waals surface area contributed by atoms with E-state index in [1.165, 1.54) is 18.2 Å². The van der Waals surface area contributed by atoms with Gasteiger partial charge in [0.15, 0.2) is 0 Å². The summed E-state index contributed by atoms with van der Waals surface area (Å²) in [4.78, 5) is 38.2. The number of halogens is 2. The van der Waals surface area contributed by atoms with Crippen LogP contribution >= 0.6 is 11.8 Å². The minimum Gasteiger partial charge on any atom is -0.379 e. The number of ether oxygens (including phenoxy) is 1. The minimum absolute atomic E-state index is 0.103. The molecule has 6 rings (SSSR count). The smallest absolute Gasteiger partial charge is 0.350 e. The number of thioether (sulfide) groups is 1. The first kappa shape index (κ1) is 28.8. The first-order valence-electron chi connectivity index (χ1n) is 14.4. The van der Waals surface area contributed by atoms with Crippen LogP contribution in [-0.2, 0) is 9.53 Å². The van der Waals surface area contributed by atoms with Crippen molar-refractivity contribution in [2.75, 3.05) is 56.6 Å². The average Bonchev–Trinajstić information content (AvgIpc) is 2.97. The van der Waals surface area contributed by atoms with Crippen molar-refractivity contribution in [2.24, 2.45) is 0 Å². The Morgan fingerprint density at radius 3 is 2.64 bits per heavy atom. The predicted molar refractivity (Wildman–Crippen MR) is 161 cm³/mol. The van der Waals surface area contributed by atoms with Crippen LogP contribution in [0.2, 0.25) is 0 Å².